The van der Waals surface area contributed by atoms with E-state index >= 15 is 0 Å². The molecule has 1 fully saturated rings. The highest BCUT2D eigenvalue weighted by Gasteiger charge is 2.37. The predicted molar refractivity (Wildman–Crippen MR) is 79.6 cm³/mol. The maximum absolute atomic E-state index is 11.2. The minimum atomic E-state index is -0.706. The van der Waals surface area contributed by atoms with Gasteiger partial charge in [0.1, 0.15) is 5.01 Å². The number of aliphatic carboxylic acids is 1. The third-order valence-corrected chi connectivity index (χ3v) is 5.19. The number of aromatic nitrogens is 4. The zero-order valence-corrected chi connectivity index (χ0v) is 13.2. The Bertz CT molecular complexity index is 655. The first-order chi connectivity index (χ1) is 9.99. The molecule has 0 atom stereocenters. The van der Waals surface area contributed by atoms with E-state index in [1.54, 1.807) is 0 Å². The lowest BCUT2D eigenvalue weighted by Crippen LogP contribution is -2.23. The number of carbonyl (C=O) groups is 1. The Kier molecular flexibility index (Phi) is 3.69. The lowest BCUT2D eigenvalue weighted by Gasteiger charge is -2.25. The summed E-state index contributed by atoms with van der Waals surface area (Å²) in [5.74, 6) is 0.434. The van der Waals surface area contributed by atoms with E-state index in [1.165, 1.54) is 11.3 Å². The molecule has 0 unspecified atom stereocenters. The van der Waals surface area contributed by atoms with Crippen LogP contribution in [0.1, 0.15) is 62.7 Å². The van der Waals surface area contributed by atoms with Crippen LogP contribution in [0.15, 0.2) is 0 Å². The SMILES string of the molecule is CC(C)c1nnc2sc(CC3(CC(=O)O)CCCC3)nn12. The predicted octanol–water partition coefficient (Wildman–Crippen LogP) is 2.89. The first kappa shape index (κ1) is 14.4. The van der Waals surface area contributed by atoms with E-state index in [4.69, 9.17) is 0 Å². The maximum Gasteiger partial charge on any atom is 0.303 e. The van der Waals surface area contributed by atoms with Crippen LogP contribution in [0, 0.1) is 5.41 Å². The molecule has 0 bridgehead atoms. The van der Waals surface area contributed by atoms with Gasteiger partial charge in [-0.25, -0.2) is 0 Å². The second-order valence-electron chi connectivity index (χ2n) is 6.36. The third kappa shape index (κ3) is 2.79. The molecule has 1 saturated carbocycles. The van der Waals surface area contributed by atoms with E-state index < -0.39 is 5.97 Å². The summed E-state index contributed by atoms with van der Waals surface area (Å²) in [5.41, 5.74) is -0.118. The van der Waals surface area contributed by atoms with Crippen molar-refractivity contribution < 1.29 is 9.90 Å². The number of fused-ring (bicyclic) bond motifs is 1. The molecule has 2 aromatic heterocycles. The number of carboxylic acids is 1. The standard InChI is InChI=1S/C14H20N4O2S/c1-9(2)12-15-16-13-18(12)17-10(21-13)7-14(8-11(19)20)5-3-4-6-14/h9H,3-8H2,1-2H3,(H,19,20). The number of nitrogens with zero attached hydrogens (tertiary/aromatic N) is 4. The van der Waals surface area contributed by atoms with Gasteiger partial charge >= 0.3 is 5.97 Å². The molecular formula is C14H20N4O2S. The summed E-state index contributed by atoms with van der Waals surface area (Å²) in [5, 5.41) is 23.1. The van der Waals surface area contributed by atoms with Gasteiger partial charge in [-0.3, -0.25) is 4.79 Å². The second kappa shape index (κ2) is 5.36. The Morgan fingerprint density at radius 1 is 1.38 bits per heavy atom. The van der Waals surface area contributed by atoms with Crippen LogP contribution < -0.4 is 0 Å². The molecule has 1 N–H and O–H groups in total. The number of rotatable bonds is 5. The third-order valence-electron chi connectivity index (χ3n) is 4.29. The van der Waals surface area contributed by atoms with Crippen molar-refractivity contribution in [1.29, 1.82) is 0 Å². The van der Waals surface area contributed by atoms with Crippen LogP contribution in [0.4, 0.5) is 0 Å². The minimum Gasteiger partial charge on any atom is -0.481 e. The van der Waals surface area contributed by atoms with Crippen LogP contribution in [-0.2, 0) is 11.2 Å². The Balaban J connectivity index is 1.88. The van der Waals surface area contributed by atoms with Gasteiger partial charge in [-0.15, -0.1) is 10.2 Å². The fourth-order valence-corrected chi connectivity index (χ4v) is 4.30. The van der Waals surface area contributed by atoms with Gasteiger partial charge in [0, 0.05) is 12.3 Å². The molecule has 1 aliphatic carbocycles. The summed E-state index contributed by atoms with van der Waals surface area (Å²) in [6, 6.07) is 0. The highest BCUT2D eigenvalue weighted by molar-refractivity contribution is 7.16. The summed E-state index contributed by atoms with van der Waals surface area (Å²) < 4.78 is 1.81. The van der Waals surface area contributed by atoms with Crippen molar-refractivity contribution >= 4 is 22.3 Å². The van der Waals surface area contributed by atoms with E-state index in [0.717, 1.165) is 47.9 Å². The molecule has 114 valence electrons. The fourth-order valence-electron chi connectivity index (χ4n) is 3.29. The Morgan fingerprint density at radius 2 is 2.10 bits per heavy atom. The van der Waals surface area contributed by atoms with Crippen molar-refractivity contribution in [2.24, 2.45) is 5.41 Å². The van der Waals surface area contributed by atoms with Gasteiger partial charge in [-0.1, -0.05) is 38.0 Å². The van der Waals surface area contributed by atoms with Gasteiger partial charge in [0.2, 0.25) is 4.96 Å². The van der Waals surface area contributed by atoms with Gasteiger partial charge < -0.3 is 5.11 Å². The average molecular weight is 308 g/mol. The Labute approximate surface area is 127 Å². The highest BCUT2D eigenvalue weighted by atomic mass is 32.1. The zero-order valence-electron chi connectivity index (χ0n) is 12.4. The van der Waals surface area contributed by atoms with Crippen LogP contribution in [0.3, 0.4) is 0 Å². The zero-order chi connectivity index (χ0) is 15.0. The summed E-state index contributed by atoms with van der Waals surface area (Å²) in [4.78, 5) is 12.0. The Morgan fingerprint density at radius 3 is 2.71 bits per heavy atom. The molecule has 0 aliphatic heterocycles. The van der Waals surface area contributed by atoms with Crippen LogP contribution in [0.5, 0.6) is 0 Å². The van der Waals surface area contributed by atoms with Gasteiger partial charge in [0.05, 0.1) is 6.42 Å². The maximum atomic E-state index is 11.2. The molecule has 1 aliphatic rings. The normalized spacial score (nSPS) is 17.9. The molecule has 6 nitrogen and oxygen atoms in total. The molecule has 3 rings (SSSR count). The summed E-state index contributed by atoms with van der Waals surface area (Å²) >= 11 is 1.53. The van der Waals surface area contributed by atoms with Crippen molar-refractivity contribution in [2.75, 3.05) is 0 Å². The molecular weight excluding hydrogens is 288 g/mol. The molecule has 2 aromatic rings. The molecule has 0 aromatic carbocycles. The first-order valence-electron chi connectivity index (χ1n) is 7.42. The van der Waals surface area contributed by atoms with Crippen LogP contribution in [0.2, 0.25) is 0 Å². The molecule has 7 heteroatoms. The average Bonchev–Trinajstić information content (AvgIpc) is 3.03. The first-order valence-corrected chi connectivity index (χ1v) is 8.24. The van der Waals surface area contributed by atoms with E-state index in [2.05, 4.69) is 29.1 Å². The molecule has 2 heterocycles. The largest absolute Gasteiger partial charge is 0.481 e. The van der Waals surface area contributed by atoms with E-state index in [-0.39, 0.29) is 17.8 Å². The lowest BCUT2D eigenvalue weighted by atomic mass is 9.80. The van der Waals surface area contributed by atoms with E-state index in [9.17, 15) is 9.90 Å². The van der Waals surface area contributed by atoms with Gasteiger partial charge in [-0.05, 0) is 18.3 Å². The van der Waals surface area contributed by atoms with Crippen LogP contribution in [0.25, 0.3) is 4.96 Å². The molecule has 0 amide bonds. The van der Waals surface area contributed by atoms with Crippen molar-refractivity contribution in [2.45, 2.75) is 58.3 Å². The van der Waals surface area contributed by atoms with Crippen LogP contribution >= 0.6 is 11.3 Å². The number of hydrogen-bond acceptors (Lipinski definition) is 5. The second-order valence-corrected chi connectivity index (χ2v) is 7.40. The topological polar surface area (TPSA) is 80.4 Å². The quantitative estimate of drug-likeness (QED) is 0.918. The Hall–Kier alpha value is -1.50. The monoisotopic (exact) mass is 308 g/mol. The highest BCUT2D eigenvalue weighted by Crippen LogP contribution is 2.44. The van der Waals surface area contributed by atoms with Crippen LogP contribution in [-0.4, -0.2) is 30.9 Å². The molecule has 0 saturated heterocycles. The molecule has 0 spiro atoms. The lowest BCUT2D eigenvalue weighted by molar-refractivity contribution is -0.139. The van der Waals surface area contributed by atoms with Gasteiger partial charge in [-0.2, -0.15) is 9.61 Å². The smallest absolute Gasteiger partial charge is 0.303 e. The number of hydrogen-bond donors (Lipinski definition) is 1. The van der Waals surface area contributed by atoms with Crippen molar-refractivity contribution in [3.8, 4) is 0 Å². The van der Waals surface area contributed by atoms with Gasteiger partial charge in [0.15, 0.2) is 5.82 Å². The van der Waals surface area contributed by atoms with E-state index in [1.807, 2.05) is 4.52 Å². The van der Waals surface area contributed by atoms with Crippen molar-refractivity contribution in [3.05, 3.63) is 10.8 Å². The summed E-state index contributed by atoms with van der Waals surface area (Å²) in [6.45, 7) is 4.14. The molecule has 21 heavy (non-hydrogen) atoms. The fraction of sp³-hybridized carbons (Fsp3) is 0.714. The number of carboxylic acid groups (broad SMARTS) is 1. The van der Waals surface area contributed by atoms with Crippen molar-refractivity contribution in [1.82, 2.24) is 19.8 Å². The minimum absolute atomic E-state index is 0.118. The van der Waals surface area contributed by atoms with E-state index in [0.29, 0.717) is 0 Å². The summed E-state index contributed by atoms with van der Waals surface area (Å²) in [7, 11) is 0. The summed E-state index contributed by atoms with van der Waals surface area (Å²) in [6.07, 6.45) is 5.19. The van der Waals surface area contributed by atoms with Gasteiger partial charge in [0.25, 0.3) is 0 Å². The van der Waals surface area contributed by atoms with Crippen molar-refractivity contribution in [3.63, 3.8) is 0 Å². The molecule has 0 radical (unpaired) electrons.